The average Bonchev–Trinajstić information content (AvgIpc) is 2.38. The lowest BCUT2D eigenvalue weighted by Gasteiger charge is -2.07. The molecular formula is C11H9IN4O2. The zero-order valence-electron chi connectivity index (χ0n) is 9.21. The molecule has 1 heterocycles. The lowest BCUT2D eigenvalue weighted by Crippen LogP contribution is -2.03. The molecule has 0 amide bonds. The molecular weight excluding hydrogens is 347 g/mol. The molecule has 0 aliphatic heterocycles. The highest BCUT2D eigenvalue weighted by Crippen LogP contribution is 2.23. The number of nitrogens with one attached hydrogen (secondary N) is 1. The van der Waals surface area contributed by atoms with E-state index in [4.69, 9.17) is 0 Å². The number of halogens is 1. The second-order valence-corrected chi connectivity index (χ2v) is 4.65. The van der Waals surface area contributed by atoms with E-state index in [2.05, 4.69) is 38.1 Å². The van der Waals surface area contributed by atoms with Crippen molar-refractivity contribution in [1.29, 1.82) is 0 Å². The summed E-state index contributed by atoms with van der Waals surface area (Å²) in [5, 5.41) is 21.5. The van der Waals surface area contributed by atoms with Gasteiger partial charge in [0.25, 0.3) is 5.69 Å². The highest BCUT2D eigenvalue weighted by molar-refractivity contribution is 14.1. The number of hydrogen-bond donors (Lipinski definition) is 1. The minimum Gasteiger partial charge on any atom is -0.378 e. The number of nitro groups is 1. The average molecular weight is 356 g/mol. The zero-order chi connectivity index (χ0) is 13.0. The smallest absolute Gasteiger partial charge is 0.270 e. The lowest BCUT2D eigenvalue weighted by molar-refractivity contribution is -0.384. The van der Waals surface area contributed by atoms with Crippen LogP contribution in [0.2, 0.25) is 0 Å². The van der Waals surface area contributed by atoms with Crippen molar-refractivity contribution in [2.24, 2.45) is 0 Å². The van der Waals surface area contributed by atoms with E-state index < -0.39 is 4.92 Å². The van der Waals surface area contributed by atoms with Crippen LogP contribution in [-0.4, -0.2) is 15.1 Å². The van der Waals surface area contributed by atoms with Gasteiger partial charge in [0.05, 0.1) is 17.2 Å². The van der Waals surface area contributed by atoms with E-state index in [0.717, 1.165) is 15.0 Å². The van der Waals surface area contributed by atoms with Gasteiger partial charge in [-0.05, 0) is 40.8 Å². The maximum Gasteiger partial charge on any atom is 0.270 e. The van der Waals surface area contributed by atoms with Crippen molar-refractivity contribution < 1.29 is 4.92 Å². The second-order valence-electron chi connectivity index (χ2n) is 3.49. The van der Waals surface area contributed by atoms with Gasteiger partial charge in [0, 0.05) is 27.6 Å². The van der Waals surface area contributed by atoms with Crippen molar-refractivity contribution in [3.05, 3.63) is 55.9 Å². The molecule has 0 aliphatic carbocycles. The van der Waals surface area contributed by atoms with E-state index in [-0.39, 0.29) is 5.69 Å². The SMILES string of the molecule is O=[N+]([O-])c1ccc(NCc2cccnn2)c(I)c1. The number of aromatic nitrogens is 2. The van der Waals surface area contributed by atoms with Gasteiger partial charge < -0.3 is 5.32 Å². The van der Waals surface area contributed by atoms with Crippen LogP contribution in [0.1, 0.15) is 5.69 Å². The van der Waals surface area contributed by atoms with Gasteiger partial charge in [-0.1, -0.05) is 0 Å². The Morgan fingerprint density at radius 3 is 2.83 bits per heavy atom. The summed E-state index contributed by atoms with van der Waals surface area (Å²) in [7, 11) is 0. The molecule has 0 unspecified atom stereocenters. The second kappa shape index (κ2) is 5.71. The molecule has 0 saturated carbocycles. The first-order valence-electron chi connectivity index (χ1n) is 5.11. The van der Waals surface area contributed by atoms with E-state index in [1.165, 1.54) is 12.1 Å². The van der Waals surface area contributed by atoms with Gasteiger partial charge in [-0.25, -0.2) is 0 Å². The molecule has 92 valence electrons. The molecule has 2 rings (SSSR count). The molecule has 0 atom stereocenters. The molecule has 6 nitrogen and oxygen atoms in total. The fraction of sp³-hybridized carbons (Fsp3) is 0.0909. The van der Waals surface area contributed by atoms with Crippen molar-refractivity contribution in [2.75, 3.05) is 5.32 Å². The first kappa shape index (κ1) is 12.7. The van der Waals surface area contributed by atoms with Gasteiger partial charge in [0.1, 0.15) is 0 Å². The fourth-order valence-corrected chi connectivity index (χ4v) is 2.06. The molecule has 0 bridgehead atoms. The van der Waals surface area contributed by atoms with Crippen molar-refractivity contribution in [2.45, 2.75) is 6.54 Å². The third-order valence-electron chi connectivity index (χ3n) is 2.25. The molecule has 7 heteroatoms. The van der Waals surface area contributed by atoms with Gasteiger partial charge in [-0.15, -0.1) is 0 Å². The van der Waals surface area contributed by atoms with Gasteiger partial charge in [0.15, 0.2) is 0 Å². The lowest BCUT2D eigenvalue weighted by atomic mass is 10.3. The number of nitro benzene ring substituents is 1. The van der Waals surface area contributed by atoms with Gasteiger partial charge in [0.2, 0.25) is 0 Å². The molecule has 0 fully saturated rings. The van der Waals surface area contributed by atoms with Crippen molar-refractivity contribution in [3.63, 3.8) is 0 Å². The monoisotopic (exact) mass is 356 g/mol. The summed E-state index contributed by atoms with van der Waals surface area (Å²) in [6.07, 6.45) is 1.61. The van der Waals surface area contributed by atoms with Crippen LogP contribution in [0.3, 0.4) is 0 Å². The fourth-order valence-electron chi connectivity index (χ4n) is 1.37. The standard InChI is InChI=1S/C11H9IN4O2/c12-10-6-9(16(17)18)3-4-11(10)13-7-8-2-1-5-14-15-8/h1-6,13H,7H2. The Kier molecular flexibility index (Phi) is 4.03. The molecule has 1 N–H and O–H groups in total. The molecule has 1 aromatic carbocycles. The zero-order valence-corrected chi connectivity index (χ0v) is 11.4. The number of anilines is 1. The summed E-state index contributed by atoms with van der Waals surface area (Å²) in [5.41, 5.74) is 1.74. The van der Waals surface area contributed by atoms with Crippen LogP contribution in [-0.2, 0) is 6.54 Å². The van der Waals surface area contributed by atoms with Gasteiger partial charge in [-0.3, -0.25) is 10.1 Å². The van der Waals surface area contributed by atoms with Crippen LogP contribution in [0.25, 0.3) is 0 Å². The number of non-ortho nitro benzene ring substituents is 1. The quantitative estimate of drug-likeness (QED) is 0.518. The number of benzene rings is 1. The molecule has 18 heavy (non-hydrogen) atoms. The Balaban J connectivity index is 2.08. The number of nitrogens with zero attached hydrogens (tertiary/aromatic N) is 3. The summed E-state index contributed by atoms with van der Waals surface area (Å²) in [6.45, 7) is 0.529. The molecule has 1 aromatic heterocycles. The van der Waals surface area contributed by atoms with Crippen molar-refractivity contribution in [3.8, 4) is 0 Å². The van der Waals surface area contributed by atoms with Crippen LogP contribution in [0.5, 0.6) is 0 Å². The van der Waals surface area contributed by atoms with E-state index >= 15 is 0 Å². The third kappa shape index (κ3) is 3.13. The summed E-state index contributed by atoms with van der Waals surface area (Å²) in [4.78, 5) is 10.2. The molecule has 2 aromatic rings. The summed E-state index contributed by atoms with van der Waals surface area (Å²) in [5.74, 6) is 0. The molecule has 0 radical (unpaired) electrons. The maximum atomic E-state index is 10.6. The highest BCUT2D eigenvalue weighted by Gasteiger charge is 2.08. The summed E-state index contributed by atoms with van der Waals surface area (Å²) in [6, 6.07) is 8.36. The van der Waals surface area contributed by atoms with Gasteiger partial charge >= 0.3 is 0 Å². The van der Waals surface area contributed by atoms with Crippen LogP contribution in [0.15, 0.2) is 36.5 Å². The predicted molar refractivity (Wildman–Crippen MR) is 75.2 cm³/mol. The van der Waals surface area contributed by atoms with E-state index in [0.29, 0.717) is 6.54 Å². The Hall–Kier alpha value is -1.77. The first-order valence-corrected chi connectivity index (χ1v) is 6.19. The normalized spacial score (nSPS) is 10.1. The number of hydrogen-bond acceptors (Lipinski definition) is 5. The van der Waals surface area contributed by atoms with E-state index in [9.17, 15) is 10.1 Å². The minimum atomic E-state index is -0.408. The van der Waals surface area contributed by atoms with Gasteiger partial charge in [-0.2, -0.15) is 10.2 Å². The van der Waals surface area contributed by atoms with Crippen LogP contribution >= 0.6 is 22.6 Å². The Bertz CT molecular complexity index is 562. The maximum absolute atomic E-state index is 10.6. The largest absolute Gasteiger partial charge is 0.378 e. The Labute approximate surface area is 117 Å². The molecule has 0 aliphatic rings. The van der Waals surface area contributed by atoms with Crippen molar-refractivity contribution >= 4 is 34.0 Å². The van der Waals surface area contributed by atoms with E-state index in [1.807, 2.05) is 12.1 Å². The van der Waals surface area contributed by atoms with Crippen LogP contribution in [0, 0.1) is 13.7 Å². The first-order chi connectivity index (χ1) is 8.66. The van der Waals surface area contributed by atoms with Crippen LogP contribution in [0.4, 0.5) is 11.4 Å². The Morgan fingerprint density at radius 2 is 2.22 bits per heavy atom. The molecule has 0 spiro atoms. The van der Waals surface area contributed by atoms with Crippen LogP contribution < -0.4 is 5.32 Å². The third-order valence-corrected chi connectivity index (χ3v) is 3.14. The van der Waals surface area contributed by atoms with E-state index in [1.54, 1.807) is 12.3 Å². The van der Waals surface area contributed by atoms with Crippen molar-refractivity contribution in [1.82, 2.24) is 10.2 Å². The Morgan fingerprint density at radius 1 is 1.39 bits per heavy atom. The minimum absolute atomic E-state index is 0.0875. The molecule has 0 saturated heterocycles. The summed E-state index contributed by atoms with van der Waals surface area (Å²) < 4.78 is 0.797. The number of rotatable bonds is 4. The topological polar surface area (TPSA) is 81.0 Å². The summed E-state index contributed by atoms with van der Waals surface area (Å²) >= 11 is 2.06. The predicted octanol–water partition coefficient (Wildman–Crippen LogP) is 2.60. The highest BCUT2D eigenvalue weighted by atomic mass is 127.